The topological polar surface area (TPSA) is 106 Å². The summed E-state index contributed by atoms with van der Waals surface area (Å²) >= 11 is 0. The molecule has 9 nitrogen and oxygen atoms in total. The lowest BCUT2D eigenvalue weighted by Gasteiger charge is -2.39. The number of carbonyl (C=O) groups excluding carboxylic acids is 2. The van der Waals surface area contributed by atoms with Gasteiger partial charge in [0.1, 0.15) is 41.9 Å². The van der Waals surface area contributed by atoms with Gasteiger partial charge in [0.2, 0.25) is 5.91 Å². The number of aromatic nitrogens is 2. The third-order valence-corrected chi connectivity index (χ3v) is 5.58. The van der Waals surface area contributed by atoms with E-state index < -0.39 is 24.4 Å². The van der Waals surface area contributed by atoms with E-state index in [1.807, 2.05) is 10.5 Å². The summed E-state index contributed by atoms with van der Waals surface area (Å²) in [6, 6.07) is 3.52. The molecule has 32 heavy (non-hydrogen) atoms. The van der Waals surface area contributed by atoms with Gasteiger partial charge in [0, 0.05) is 31.0 Å². The number of ether oxygens (including phenoxy) is 1. The second-order valence-corrected chi connectivity index (χ2v) is 7.96. The Hall–Kier alpha value is -3.43. The van der Waals surface area contributed by atoms with Gasteiger partial charge in [-0.1, -0.05) is 0 Å². The van der Waals surface area contributed by atoms with E-state index in [1.165, 1.54) is 4.90 Å². The van der Waals surface area contributed by atoms with Crippen LogP contribution >= 0.6 is 0 Å². The predicted molar refractivity (Wildman–Crippen MR) is 114 cm³/mol. The summed E-state index contributed by atoms with van der Waals surface area (Å²) < 4.78 is 35.3. The van der Waals surface area contributed by atoms with Gasteiger partial charge < -0.3 is 25.3 Å². The predicted octanol–water partition coefficient (Wildman–Crippen LogP) is 1.33. The summed E-state index contributed by atoms with van der Waals surface area (Å²) in [6.45, 7) is 2.74. The van der Waals surface area contributed by atoms with Gasteiger partial charge >= 0.3 is 0 Å². The Morgan fingerprint density at radius 2 is 2.19 bits per heavy atom. The van der Waals surface area contributed by atoms with Crippen molar-refractivity contribution in [3.8, 4) is 17.1 Å². The largest absolute Gasteiger partial charge is 0.491 e. The summed E-state index contributed by atoms with van der Waals surface area (Å²) in [5.41, 5.74) is 6.75. The van der Waals surface area contributed by atoms with Crippen LogP contribution in [0.15, 0.2) is 30.1 Å². The number of nitrogens with one attached hydrogen (secondary N) is 1. The smallest absolute Gasteiger partial charge is 0.260 e. The van der Waals surface area contributed by atoms with Crippen LogP contribution in [0.5, 0.6) is 5.75 Å². The highest BCUT2D eigenvalue weighted by Gasteiger charge is 2.38. The van der Waals surface area contributed by atoms with Gasteiger partial charge in [0.25, 0.3) is 6.43 Å². The molecule has 0 saturated carbocycles. The number of anilines is 2. The Labute approximate surface area is 183 Å². The number of carbonyl (C=O) groups is 1. The van der Waals surface area contributed by atoms with E-state index in [4.69, 9.17) is 10.5 Å². The summed E-state index contributed by atoms with van der Waals surface area (Å²) in [5, 5.41) is 3.00. The Kier molecular flexibility index (Phi) is 5.86. The van der Waals surface area contributed by atoms with Crippen molar-refractivity contribution < 1.29 is 23.1 Å². The molecule has 3 heterocycles. The molecule has 1 saturated heterocycles. The van der Waals surface area contributed by atoms with Crippen LogP contribution in [0, 0.1) is 0 Å². The van der Waals surface area contributed by atoms with Crippen molar-refractivity contribution in [2.24, 2.45) is 5.73 Å². The van der Waals surface area contributed by atoms with Crippen LogP contribution in [0.4, 0.5) is 20.3 Å². The summed E-state index contributed by atoms with van der Waals surface area (Å²) in [7, 11) is 1.69. The zero-order valence-corrected chi connectivity index (χ0v) is 17.7. The van der Waals surface area contributed by atoms with E-state index >= 15 is 0 Å². The highest BCUT2D eigenvalue weighted by molar-refractivity contribution is 5.83. The molecule has 0 spiro atoms. The zero-order valence-electron chi connectivity index (χ0n) is 17.7. The van der Waals surface area contributed by atoms with Crippen molar-refractivity contribution >= 4 is 23.4 Å². The molecule has 2 aliphatic heterocycles. The van der Waals surface area contributed by atoms with Crippen molar-refractivity contribution in [3.05, 3.63) is 30.1 Å². The van der Waals surface area contributed by atoms with E-state index in [1.54, 1.807) is 43.3 Å². The molecule has 11 heteroatoms. The molecule has 1 amide bonds. The van der Waals surface area contributed by atoms with Crippen LogP contribution in [0.3, 0.4) is 0 Å². The van der Waals surface area contributed by atoms with E-state index in [0.29, 0.717) is 36.0 Å². The highest BCUT2D eigenvalue weighted by Crippen LogP contribution is 2.37. The number of hydrogen-bond acceptors (Lipinski definition) is 7. The van der Waals surface area contributed by atoms with Gasteiger partial charge in [-0.2, -0.15) is 0 Å². The van der Waals surface area contributed by atoms with Crippen LogP contribution in [0.2, 0.25) is 0 Å². The van der Waals surface area contributed by atoms with Gasteiger partial charge in [-0.25, -0.2) is 18.6 Å². The van der Waals surface area contributed by atoms with Crippen LogP contribution < -0.4 is 20.7 Å². The maximum absolute atomic E-state index is 13.8. The number of alkyl halides is 2. The van der Waals surface area contributed by atoms with Gasteiger partial charge in [-0.3, -0.25) is 9.69 Å². The number of nitrogens with zero attached hydrogens (tertiary/aromatic N) is 4. The third-order valence-electron chi connectivity index (χ3n) is 5.58. The lowest BCUT2D eigenvalue weighted by Crippen LogP contribution is -2.54. The molecule has 3 N–H and O–H groups in total. The molecule has 1 aromatic carbocycles. The fourth-order valence-corrected chi connectivity index (χ4v) is 3.97. The minimum atomic E-state index is -2.67. The van der Waals surface area contributed by atoms with Gasteiger partial charge in [-0.15, -0.1) is 0 Å². The number of fused-ring (bicyclic) bond motifs is 3. The van der Waals surface area contributed by atoms with Crippen LogP contribution in [-0.4, -0.2) is 71.6 Å². The van der Waals surface area contributed by atoms with Crippen LogP contribution in [-0.2, 0) is 16.1 Å². The second kappa shape index (κ2) is 8.60. The number of benzene rings is 1. The van der Waals surface area contributed by atoms with Gasteiger partial charge in [0.15, 0.2) is 5.82 Å². The number of imidazole rings is 1. The molecule has 1 fully saturated rings. The van der Waals surface area contributed by atoms with E-state index in [9.17, 15) is 18.4 Å². The first kappa shape index (κ1) is 21.8. The number of piperazine rings is 1. The average molecular weight is 446 g/mol. The lowest BCUT2D eigenvalue weighted by atomic mass is 10.1. The van der Waals surface area contributed by atoms with Crippen molar-refractivity contribution in [1.82, 2.24) is 14.5 Å². The van der Waals surface area contributed by atoms with Gasteiger partial charge in [-0.05, 0) is 26.1 Å². The number of nitrogens with two attached hydrogens (primary N) is 1. The number of rotatable bonds is 5. The molecule has 0 radical (unpaired) electrons. The Morgan fingerprint density at radius 1 is 1.41 bits per heavy atom. The normalized spacial score (nSPS) is 19.5. The monoisotopic (exact) mass is 446 g/mol. The minimum Gasteiger partial charge on any atom is -0.491 e. The first-order chi connectivity index (χ1) is 15.3. The Morgan fingerprint density at radius 3 is 2.88 bits per heavy atom. The molecule has 1 aromatic heterocycles. The quantitative estimate of drug-likeness (QED) is 0.668. The molecular formula is C21H24F2N6O3. The molecular weight excluding hydrogens is 422 g/mol. The Bertz CT molecular complexity index is 1080. The van der Waals surface area contributed by atoms with Crippen LogP contribution in [0.1, 0.15) is 6.92 Å². The number of likely N-dealkylation sites (N-methyl/N-ethyl adjacent to an activating group) is 1. The molecule has 0 aliphatic carbocycles. The first-order valence-electron chi connectivity index (χ1n) is 10.2. The van der Waals surface area contributed by atoms with E-state index in [0.717, 1.165) is 0 Å². The number of primary amides is 1. The average Bonchev–Trinajstić information content (AvgIpc) is 3.08. The van der Waals surface area contributed by atoms with Crippen LogP contribution in [0.25, 0.3) is 11.4 Å². The molecule has 2 aliphatic rings. The van der Waals surface area contributed by atoms with Crippen molar-refractivity contribution in [3.63, 3.8) is 0 Å². The molecule has 4 rings (SSSR count). The fourth-order valence-electron chi connectivity index (χ4n) is 3.97. The Balaban J connectivity index is 1.72. The van der Waals surface area contributed by atoms with Crippen molar-refractivity contribution in [1.29, 1.82) is 0 Å². The van der Waals surface area contributed by atoms with E-state index in [2.05, 4.69) is 10.3 Å². The maximum Gasteiger partial charge on any atom is 0.260 e. The summed E-state index contributed by atoms with van der Waals surface area (Å²) in [5.74, 6) is 2.68. The zero-order chi connectivity index (χ0) is 23.0. The minimum absolute atomic E-state index is 0.0951. The second-order valence-electron chi connectivity index (χ2n) is 7.96. The summed E-state index contributed by atoms with van der Waals surface area (Å²) in [6.07, 6.45) is -1.01. The summed E-state index contributed by atoms with van der Waals surface area (Å²) in [4.78, 5) is 30.5. The van der Waals surface area contributed by atoms with Crippen molar-refractivity contribution in [2.75, 3.05) is 37.0 Å². The third kappa shape index (κ3) is 4.04. The molecule has 1 unspecified atom stereocenters. The lowest BCUT2D eigenvalue weighted by molar-refractivity contribution is -0.118. The van der Waals surface area contributed by atoms with Crippen molar-refractivity contribution in [2.45, 2.75) is 32.0 Å². The molecule has 170 valence electrons. The molecule has 2 aromatic rings. The highest BCUT2D eigenvalue weighted by atomic mass is 19.3. The first-order valence-corrected chi connectivity index (χ1v) is 10.2. The molecule has 2 atom stereocenters. The standard InChI is InChI=1S/C21H24F2N6O3/c1-12(20(24)31)25-13-3-4-15-17(7-13)32-6-5-28-10-18(26-21(15)28)29-14(11-30)8-27(2)9-16(29)19(22)23/h3-4,7,10,12,16,19,25H,5-6,8-9H2,1-2H3,(H2,24,31)/t12?,16-/m0/s1. The number of halogens is 2. The van der Waals surface area contributed by atoms with Gasteiger partial charge in [0.05, 0.1) is 12.1 Å². The molecule has 0 bridgehead atoms. The fraction of sp³-hybridized carbons (Fsp3) is 0.429. The van der Waals surface area contributed by atoms with E-state index in [-0.39, 0.29) is 24.6 Å². The maximum atomic E-state index is 13.8. The number of hydrogen-bond donors (Lipinski definition) is 2. The number of amides is 1. The SMILES string of the molecule is CC(Nc1ccc2c(c1)OCCn1cc(N3C(=C=O)CN(C)C[C@H]3C(F)F)nc1-2)C(N)=O.